The number of hydrogen-bond donors (Lipinski definition) is 1. The van der Waals surface area contributed by atoms with Crippen molar-refractivity contribution >= 4 is 21.9 Å². The van der Waals surface area contributed by atoms with Gasteiger partial charge in [0.15, 0.2) is 0 Å². The van der Waals surface area contributed by atoms with Crippen molar-refractivity contribution in [1.29, 1.82) is 0 Å². The van der Waals surface area contributed by atoms with Gasteiger partial charge in [0.25, 0.3) is 5.56 Å². The molecule has 2 aromatic rings. The molecule has 0 fully saturated rings. The Morgan fingerprint density at radius 1 is 1.24 bits per heavy atom. The lowest BCUT2D eigenvalue weighted by atomic mass is 10.0. The van der Waals surface area contributed by atoms with E-state index in [0.29, 0.717) is 17.3 Å². The van der Waals surface area contributed by atoms with Gasteiger partial charge in [-0.25, -0.2) is 4.79 Å². The van der Waals surface area contributed by atoms with Gasteiger partial charge in [0.1, 0.15) is 6.04 Å². The lowest BCUT2D eigenvalue weighted by molar-refractivity contribution is -0.141. The predicted octanol–water partition coefficient (Wildman–Crippen LogP) is 3.18. The van der Waals surface area contributed by atoms with Crippen LogP contribution in [-0.4, -0.2) is 15.6 Å². The fourth-order valence-corrected chi connectivity index (χ4v) is 2.51. The monoisotopic (exact) mass is 349 g/mol. The normalized spacial score (nSPS) is 12.1. The molecule has 0 aliphatic rings. The van der Waals surface area contributed by atoms with Crippen LogP contribution < -0.4 is 5.56 Å². The Morgan fingerprint density at radius 3 is 2.52 bits per heavy atom. The van der Waals surface area contributed by atoms with Gasteiger partial charge >= 0.3 is 5.97 Å². The highest BCUT2D eigenvalue weighted by Gasteiger charge is 2.20. The van der Waals surface area contributed by atoms with Crippen LogP contribution in [0.2, 0.25) is 0 Å². The molecule has 21 heavy (non-hydrogen) atoms. The summed E-state index contributed by atoms with van der Waals surface area (Å²) in [5, 5.41) is 9.39. The predicted molar refractivity (Wildman–Crippen MR) is 84.6 cm³/mol. The van der Waals surface area contributed by atoms with E-state index in [-0.39, 0.29) is 5.56 Å². The second-order valence-corrected chi connectivity index (χ2v) is 5.89. The molecule has 0 aliphatic carbocycles. The van der Waals surface area contributed by atoms with E-state index in [1.807, 2.05) is 31.2 Å². The fraction of sp³-hybridized carbons (Fsp3) is 0.250. The van der Waals surface area contributed by atoms with Crippen LogP contribution in [0.1, 0.15) is 23.6 Å². The van der Waals surface area contributed by atoms with Crippen LogP contribution in [0.4, 0.5) is 0 Å². The quantitative estimate of drug-likeness (QED) is 0.901. The van der Waals surface area contributed by atoms with Crippen LogP contribution in [0.3, 0.4) is 0 Å². The van der Waals surface area contributed by atoms with Crippen molar-refractivity contribution < 1.29 is 9.90 Å². The van der Waals surface area contributed by atoms with Crippen molar-refractivity contribution in [2.24, 2.45) is 0 Å². The Hall–Kier alpha value is -1.88. The number of aromatic nitrogens is 1. The molecule has 0 spiro atoms. The summed E-state index contributed by atoms with van der Waals surface area (Å²) in [6.07, 6.45) is 2.50. The first-order valence-corrected chi connectivity index (χ1v) is 7.43. The fourth-order valence-electron chi connectivity index (χ4n) is 2.16. The van der Waals surface area contributed by atoms with Crippen molar-refractivity contribution in [1.82, 2.24) is 4.57 Å². The third-order valence-corrected chi connectivity index (χ3v) is 3.82. The zero-order valence-electron chi connectivity index (χ0n) is 11.6. The molecule has 0 amide bonds. The zero-order chi connectivity index (χ0) is 15.4. The number of halogens is 1. The molecule has 4 nitrogen and oxygen atoms in total. The molecule has 0 saturated heterocycles. The third-order valence-electron chi connectivity index (χ3n) is 3.35. The average molecular weight is 350 g/mol. The van der Waals surface area contributed by atoms with E-state index in [4.69, 9.17) is 0 Å². The smallest absolute Gasteiger partial charge is 0.326 e. The highest BCUT2D eigenvalue weighted by Crippen LogP contribution is 2.17. The van der Waals surface area contributed by atoms with Gasteiger partial charge in [-0.3, -0.25) is 4.79 Å². The number of carboxylic acid groups (broad SMARTS) is 1. The van der Waals surface area contributed by atoms with E-state index < -0.39 is 12.0 Å². The van der Waals surface area contributed by atoms with E-state index in [9.17, 15) is 14.7 Å². The maximum Gasteiger partial charge on any atom is 0.326 e. The Labute approximate surface area is 131 Å². The second kappa shape index (κ2) is 6.72. The van der Waals surface area contributed by atoms with Crippen LogP contribution in [0.15, 0.2) is 51.9 Å². The van der Waals surface area contributed by atoms with E-state index in [1.54, 1.807) is 6.07 Å². The Kier molecular flexibility index (Phi) is 4.96. The van der Waals surface area contributed by atoms with E-state index in [1.165, 1.54) is 16.8 Å². The Balaban J connectivity index is 2.20. The van der Waals surface area contributed by atoms with Gasteiger partial charge < -0.3 is 9.67 Å². The molecule has 5 heteroatoms. The molecule has 1 N–H and O–H groups in total. The maximum absolute atomic E-state index is 11.9. The first-order chi connectivity index (χ1) is 9.97. The number of benzene rings is 1. The van der Waals surface area contributed by atoms with Gasteiger partial charge in [-0.1, -0.05) is 29.8 Å². The minimum Gasteiger partial charge on any atom is -0.480 e. The van der Waals surface area contributed by atoms with Crippen molar-refractivity contribution in [2.75, 3.05) is 0 Å². The minimum atomic E-state index is -0.998. The van der Waals surface area contributed by atoms with E-state index in [2.05, 4.69) is 15.9 Å². The summed E-state index contributed by atoms with van der Waals surface area (Å²) >= 11 is 3.27. The maximum atomic E-state index is 11.9. The van der Waals surface area contributed by atoms with Gasteiger partial charge in [-0.15, -0.1) is 0 Å². The third kappa shape index (κ3) is 4.04. The van der Waals surface area contributed by atoms with Gasteiger partial charge in [-0.2, -0.15) is 0 Å². The first-order valence-electron chi connectivity index (χ1n) is 6.63. The largest absolute Gasteiger partial charge is 0.480 e. The molecule has 110 valence electrons. The Bertz CT molecular complexity index is 691. The second-order valence-electron chi connectivity index (χ2n) is 4.97. The van der Waals surface area contributed by atoms with E-state index in [0.717, 1.165) is 11.1 Å². The summed E-state index contributed by atoms with van der Waals surface area (Å²) in [6, 6.07) is 10.1. The van der Waals surface area contributed by atoms with Crippen LogP contribution in [0.5, 0.6) is 0 Å². The first kappa shape index (κ1) is 15.5. The highest BCUT2D eigenvalue weighted by molar-refractivity contribution is 9.10. The summed E-state index contributed by atoms with van der Waals surface area (Å²) in [6.45, 7) is 2.00. The summed E-state index contributed by atoms with van der Waals surface area (Å²) in [7, 11) is 0. The molecule has 0 aliphatic heterocycles. The van der Waals surface area contributed by atoms with Gasteiger partial charge in [-0.05, 0) is 47.3 Å². The number of carboxylic acids is 1. The molecule has 1 aromatic carbocycles. The molecule has 1 unspecified atom stereocenters. The van der Waals surface area contributed by atoms with Gasteiger partial charge in [0.2, 0.25) is 0 Å². The summed E-state index contributed by atoms with van der Waals surface area (Å²) in [5.74, 6) is -0.998. The van der Waals surface area contributed by atoms with Gasteiger partial charge in [0.05, 0.1) is 0 Å². The number of aliphatic carboxylic acids is 1. The van der Waals surface area contributed by atoms with E-state index >= 15 is 0 Å². The number of aryl methyl sites for hydroxylation is 2. The number of pyridine rings is 1. The molecule has 1 atom stereocenters. The van der Waals surface area contributed by atoms with Crippen LogP contribution in [0.25, 0.3) is 0 Å². The molecular weight excluding hydrogens is 334 g/mol. The molecular formula is C16H16BrNO3. The van der Waals surface area contributed by atoms with Crippen molar-refractivity contribution in [2.45, 2.75) is 25.8 Å². The van der Waals surface area contributed by atoms with Crippen molar-refractivity contribution in [3.63, 3.8) is 0 Å². The molecule has 0 bridgehead atoms. The molecule has 0 radical (unpaired) electrons. The molecule has 1 heterocycles. The van der Waals surface area contributed by atoms with Crippen LogP contribution >= 0.6 is 15.9 Å². The number of rotatable bonds is 5. The lowest BCUT2D eigenvalue weighted by Gasteiger charge is -2.16. The number of hydrogen-bond acceptors (Lipinski definition) is 2. The highest BCUT2D eigenvalue weighted by atomic mass is 79.9. The minimum absolute atomic E-state index is 0.311. The standard InChI is InChI=1S/C16H16BrNO3/c1-11-2-4-12(5-3-11)6-8-14(16(20)21)18-10-13(17)7-9-15(18)19/h2-5,7,9-10,14H,6,8H2,1H3,(H,20,21). The van der Waals surface area contributed by atoms with Crippen molar-refractivity contribution in [3.8, 4) is 0 Å². The lowest BCUT2D eigenvalue weighted by Crippen LogP contribution is -2.29. The van der Waals surface area contributed by atoms with Crippen LogP contribution in [0, 0.1) is 6.92 Å². The number of nitrogens with zero attached hydrogens (tertiary/aromatic N) is 1. The Morgan fingerprint density at radius 2 is 1.90 bits per heavy atom. The summed E-state index contributed by atoms with van der Waals surface area (Å²) in [4.78, 5) is 23.3. The van der Waals surface area contributed by atoms with Gasteiger partial charge in [0, 0.05) is 16.7 Å². The van der Waals surface area contributed by atoms with Crippen LogP contribution in [-0.2, 0) is 11.2 Å². The summed E-state index contributed by atoms with van der Waals surface area (Å²) in [5.41, 5.74) is 1.92. The van der Waals surface area contributed by atoms with Crippen molar-refractivity contribution in [3.05, 3.63) is 68.5 Å². The topological polar surface area (TPSA) is 59.3 Å². The molecule has 2 rings (SSSR count). The average Bonchev–Trinajstić information content (AvgIpc) is 2.44. The SMILES string of the molecule is Cc1ccc(CCC(C(=O)O)n2cc(Br)ccc2=O)cc1. The zero-order valence-corrected chi connectivity index (χ0v) is 13.2. The number of carbonyl (C=O) groups is 1. The molecule has 1 aromatic heterocycles. The summed E-state index contributed by atoms with van der Waals surface area (Å²) < 4.78 is 1.95. The molecule has 0 saturated carbocycles.